The van der Waals surface area contributed by atoms with Gasteiger partial charge in [0.1, 0.15) is 5.82 Å². The van der Waals surface area contributed by atoms with Gasteiger partial charge in [-0.15, -0.1) is 0 Å². The molecule has 0 radical (unpaired) electrons. The van der Waals surface area contributed by atoms with E-state index in [2.05, 4.69) is 5.32 Å². The fraction of sp³-hybridized carbons (Fsp3) is 0.381. The SMILES string of the molecule is O=C(NCCSCc1cccc(Cl)c1)[C@H]1CCCN(S(=O)(=O)c2ccc(F)cc2)C1. The highest BCUT2D eigenvalue weighted by Crippen LogP contribution is 2.24. The summed E-state index contributed by atoms with van der Waals surface area (Å²) in [5.41, 5.74) is 1.13. The normalized spacial score (nSPS) is 17.6. The fourth-order valence-corrected chi connectivity index (χ4v) is 5.88. The first-order valence-electron chi connectivity index (χ1n) is 9.72. The highest BCUT2D eigenvalue weighted by atomic mass is 35.5. The Kier molecular flexibility index (Phi) is 8.16. The summed E-state index contributed by atoms with van der Waals surface area (Å²) in [6.07, 6.45) is 1.26. The van der Waals surface area contributed by atoms with Gasteiger partial charge in [0.2, 0.25) is 15.9 Å². The van der Waals surface area contributed by atoms with E-state index in [0.29, 0.717) is 31.0 Å². The first-order chi connectivity index (χ1) is 14.4. The highest BCUT2D eigenvalue weighted by Gasteiger charge is 2.33. The molecule has 3 rings (SSSR count). The second-order valence-electron chi connectivity index (χ2n) is 7.13. The van der Waals surface area contributed by atoms with Crippen LogP contribution in [-0.2, 0) is 20.6 Å². The van der Waals surface area contributed by atoms with Crippen molar-refractivity contribution in [1.29, 1.82) is 0 Å². The van der Waals surface area contributed by atoms with Gasteiger partial charge in [-0.2, -0.15) is 16.1 Å². The molecule has 0 aromatic heterocycles. The second-order valence-corrected chi connectivity index (χ2v) is 10.6. The third kappa shape index (κ3) is 6.20. The second kappa shape index (κ2) is 10.6. The Hall–Kier alpha value is -1.61. The molecule has 0 bridgehead atoms. The molecule has 0 saturated carbocycles. The maximum absolute atomic E-state index is 13.1. The molecule has 2 aromatic rings. The number of nitrogens with zero attached hydrogens (tertiary/aromatic N) is 1. The van der Waals surface area contributed by atoms with Crippen molar-refractivity contribution in [3.63, 3.8) is 0 Å². The zero-order chi connectivity index (χ0) is 21.6. The van der Waals surface area contributed by atoms with Crippen molar-refractivity contribution >= 4 is 39.3 Å². The number of hydrogen-bond donors (Lipinski definition) is 1. The number of carbonyl (C=O) groups is 1. The van der Waals surface area contributed by atoms with Gasteiger partial charge < -0.3 is 5.32 Å². The number of amides is 1. The number of carbonyl (C=O) groups excluding carboxylic acids is 1. The first-order valence-corrected chi connectivity index (χ1v) is 12.7. The topological polar surface area (TPSA) is 66.5 Å². The number of halogens is 2. The molecule has 0 aliphatic carbocycles. The molecular formula is C21H24ClFN2O3S2. The number of thioether (sulfide) groups is 1. The quantitative estimate of drug-likeness (QED) is 0.593. The van der Waals surface area contributed by atoms with Crippen LogP contribution >= 0.6 is 23.4 Å². The van der Waals surface area contributed by atoms with Crippen molar-refractivity contribution in [1.82, 2.24) is 9.62 Å². The molecule has 30 heavy (non-hydrogen) atoms. The lowest BCUT2D eigenvalue weighted by Crippen LogP contribution is -2.45. The molecule has 1 aliphatic heterocycles. The predicted octanol–water partition coefficient (Wildman–Crippen LogP) is 3.93. The Morgan fingerprint density at radius 3 is 2.73 bits per heavy atom. The van der Waals surface area contributed by atoms with Crippen molar-refractivity contribution in [2.45, 2.75) is 23.5 Å². The van der Waals surface area contributed by atoms with Crippen LogP contribution in [0.25, 0.3) is 0 Å². The molecule has 0 unspecified atom stereocenters. The minimum atomic E-state index is -3.74. The molecule has 1 saturated heterocycles. The Morgan fingerprint density at radius 2 is 2.00 bits per heavy atom. The largest absolute Gasteiger partial charge is 0.355 e. The van der Waals surface area contributed by atoms with E-state index in [1.165, 1.54) is 16.4 Å². The minimum absolute atomic E-state index is 0.0439. The van der Waals surface area contributed by atoms with Gasteiger partial charge in [0, 0.05) is 36.2 Å². The Morgan fingerprint density at radius 1 is 1.23 bits per heavy atom. The Balaban J connectivity index is 1.46. The van der Waals surface area contributed by atoms with Gasteiger partial charge in [0.05, 0.1) is 10.8 Å². The van der Waals surface area contributed by atoms with Crippen LogP contribution in [0.3, 0.4) is 0 Å². The average molecular weight is 471 g/mol. The van der Waals surface area contributed by atoms with Crippen LogP contribution in [0.5, 0.6) is 0 Å². The number of hydrogen-bond acceptors (Lipinski definition) is 4. The van der Waals surface area contributed by atoms with Crippen LogP contribution in [0.2, 0.25) is 5.02 Å². The van der Waals surface area contributed by atoms with E-state index >= 15 is 0 Å². The van der Waals surface area contributed by atoms with Crippen molar-refractivity contribution in [3.05, 3.63) is 64.9 Å². The number of benzene rings is 2. The number of nitrogens with one attached hydrogen (secondary N) is 1. The van der Waals surface area contributed by atoms with Crippen LogP contribution in [0.4, 0.5) is 4.39 Å². The van der Waals surface area contributed by atoms with Crippen LogP contribution in [0.15, 0.2) is 53.4 Å². The zero-order valence-electron chi connectivity index (χ0n) is 16.4. The summed E-state index contributed by atoms with van der Waals surface area (Å²) in [4.78, 5) is 12.6. The molecule has 162 valence electrons. The molecule has 2 aromatic carbocycles. The van der Waals surface area contributed by atoms with Gasteiger partial charge in [-0.25, -0.2) is 12.8 Å². The van der Waals surface area contributed by atoms with E-state index in [-0.39, 0.29) is 23.3 Å². The minimum Gasteiger partial charge on any atom is -0.355 e. The Labute approximate surface area is 186 Å². The van der Waals surface area contributed by atoms with Crippen molar-refractivity contribution in [3.8, 4) is 0 Å². The Bertz CT molecular complexity index is 970. The predicted molar refractivity (Wildman–Crippen MR) is 119 cm³/mol. The lowest BCUT2D eigenvalue weighted by atomic mass is 9.99. The molecule has 9 heteroatoms. The molecular weight excluding hydrogens is 447 g/mol. The van der Waals surface area contributed by atoms with Crippen LogP contribution in [-0.4, -0.2) is 44.0 Å². The van der Waals surface area contributed by atoms with E-state index in [9.17, 15) is 17.6 Å². The zero-order valence-corrected chi connectivity index (χ0v) is 18.8. The summed E-state index contributed by atoms with van der Waals surface area (Å²) in [6.45, 7) is 1.02. The van der Waals surface area contributed by atoms with Crippen molar-refractivity contribution in [2.24, 2.45) is 5.92 Å². The molecule has 1 amide bonds. The molecule has 0 spiro atoms. The summed E-state index contributed by atoms with van der Waals surface area (Å²) in [5.74, 6) is 0.564. The monoisotopic (exact) mass is 470 g/mol. The maximum atomic E-state index is 13.1. The first kappa shape index (κ1) is 23.1. The molecule has 1 aliphatic rings. The highest BCUT2D eigenvalue weighted by molar-refractivity contribution is 7.98. The van der Waals surface area contributed by atoms with E-state index in [0.717, 1.165) is 29.2 Å². The van der Waals surface area contributed by atoms with Gasteiger partial charge in [-0.05, 0) is 54.8 Å². The number of rotatable bonds is 8. The standard InChI is InChI=1S/C21H24ClFN2O3S2/c22-18-5-1-3-16(13-18)15-29-12-10-24-21(26)17-4-2-11-25(14-17)30(27,28)20-8-6-19(23)7-9-20/h1,3,5-9,13,17H,2,4,10-12,14-15H2,(H,24,26)/t17-/m0/s1. The van der Waals surface area contributed by atoms with Gasteiger partial charge >= 0.3 is 0 Å². The maximum Gasteiger partial charge on any atom is 0.243 e. The third-order valence-electron chi connectivity index (χ3n) is 4.91. The lowest BCUT2D eigenvalue weighted by Gasteiger charge is -2.31. The number of piperidine rings is 1. The van der Waals surface area contributed by atoms with Crippen LogP contribution < -0.4 is 5.32 Å². The van der Waals surface area contributed by atoms with E-state index in [4.69, 9.17) is 11.6 Å². The van der Waals surface area contributed by atoms with Gasteiger partial charge in [-0.1, -0.05) is 23.7 Å². The summed E-state index contributed by atoms with van der Waals surface area (Å²) >= 11 is 7.67. The summed E-state index contributed by atoms with van der Waals surface area (Å²) in [6, 6.07) is 12.4. The van der Waals surface area contributed by atoms with Gasteiger partial charge in [0.25, 0.3) is 0 Å². The molecule has 1 atom stereocenters. The smallest absolute Gasteiger partial charge is 0.243 e. The van der Waals surface area contributed by atoms with Gasteiger partial charge in [-0.3, -0.25) is 4.79 Å². The molecule has 5 nitrogen and oxygen atoms in total. The summed E-state index contributed by atoms with van der Waals surface area (Å²) in [5, 5.41) is 3.62. The lowest BCUT2D eigenvalue weighted by molar-refractivity contribution is -0.125. The third-order valence-corrected chi connectivity index (χ3v) is 8.05. The molecule has 1 fully saturated rings. The van der Waals surface area contributed by atoms with Crippen molar-refractivity contribution < 1.29 is 17.6 Å². The van der Waals surface area contributed by atoms with Crippen LogP contribution in [0.1, 0.15) is 18.4 Å². The van der Waals surface area contributed by atoms with E-state index < -0.39 is 15.8 Å². The van der Waals surface area contributed by atoms with E-state index in [1.807, 2.05) is 24.3 Å². The fourth-order valence-electron chi connectivity index (χ4n) is 3.34. The van der Waals surface area contributed by atoms with Crippen molar-refractivity contribution in [2.75, 3.05) is 25.4 Å². The molecule has 1 N–H and O–H groups in total. The average Bonchev–Trinajstić information content (AvgIpc) is 2.74. The van der Waals surface area contributed by atoms with E-state index in [1.54, 1.807) is 11.8 Å². The van der Waals surface area contributed by atoms with Gasteiger partial charge in [0.15, 0.2) is 0 Å². The summed E-state index contributed by atoms with van der Waals surface area (Å²) < 4.78 is 40.0. The summed E-state index contributed by atoms with van der Waals surface area (Å²) in [7, 11) is -3.74. The van der Waals surface area contributed by atoms with Crippen LogP contribution in [0, 0.1) is 11.7 Å². The molecule has 1 heterocycles. The number of sulfonamides is 1.